The van der Waals surface area contributed by atoms with E-state index in [9.17, 15) is 4.79 Å². The molecule has 0 radical (unpaired) electrons. The molecule has 1 fully saturated rings. The first-order chi connectivity index (χ1) is 3.93. The summed E-state index contributed by atoms with van der Waals surface area (Å²) in [6.07, 6.45) is 5.73. The summed E-state index contributed by atoms with van der Waals surface area (Å²) in [6.45, 7) is 0. The minimum Gasteiger partial charge on any atom is -0.356 e. The lowest BCUT2D eigenvalue weighted by atomic mass is 10.3. The Hall–Kier alpha value is -0.530. The van der Waals surface area contributed by atoms with Crippen molar-refractivity contribution in [1.82, 2.24) is 5.32 Å². The Morgan fingerprint density at radius 1 is 1.50 bits per heavy atom. The molecule has 0 aromatic heterocycles. The highest BCUT2D eigenvalue weighted by atomic mass is 16.1. The van der Waals surface area contributed by atoms with Gasteiger partial charge in [-0.3, -0.25) is 4.79 Å². The molecule has 1 amide bonds. The number of nitrogens with one attached hydrogen (secondary N) is 1. The molecule has 0 aromatic rings. The average molecular weight is 115 g/mol. The van der Waals surface area contributed by atoms with Crippen LogP contribution in [0.3, 0.4) is 0 Å². The number of carbonyl (C=O) groups is 1. The lowest BCUT2D eigenvalue weighted by Gasteiger charge is -2.03. The minimum atomic E-state index is 0. The standard InChI is InChI=1S/C6H11NO.H2/c8-5-7-6-3-1-2-4-6;/h5-6H,1-4H2,(H,7,8);1H. The van der Waals surface area contributed by atoms with Crippen molar-refractivity contribution >= 4 is 6.41 Å². The predicted octanol–water partition coefficient (Wildman–Crippen LogP) is 0.921. The Labute approximate surface area is 50.8 Å². The number of hydrogen-bond acceptors (Lipinski definition) is 1. The van der Waals surface area contributed by atoms with Crippen LogP contribution in [-0.2, 0) is 4.79 Å². The summed E-state index contributed by atoms with van der Waals surface area (Å²) >= 11 is 0. The fourth-order valence-corrected chi connectivity index (χ4v) is 1.19. The Morgan fingerprint density at radius 2 is 2.12 bits per heavy atom. The molecule has 2 heteroatoms. The molecule has 0 aliphatic heterocycles. The first kappa shape index (κ1) is 5.60. The van der Waals surface area contributed by atoms with Crippen molar-refractivity contribution in [1.29, 1.82) is 0 Å². The number of carbonyl (C=O) groups excluding carboxylic acids is 1. The van der Waals surface area contributed by atoms with E-state index < -0.39 is 0 Å². The number of rotatable bonds is 2. The first-order valence-electron chi connectivity index (χ1n) is 3.13. The van der Waals surface area contributed by atoms with E-state index >= 15 is 0 Å². The minimum absolute atomic E-state index is 0. The summed E-state index contributed by atoms with van der Waals surface area (Å²) in [5, 5.41) is 2.76. The molecule has 1 aliphatic rings. The number of amides is 1. The molecule has 0 heterocycles. The molecule has 1 N–H and O–H groups in total. The van der Waals surface area contributed by atoms with Gasteiger partial charge in [0, 0.05) is 7.47 Å². The van der Waals surface area contributed by atoms with Crippen molar-refractivity contribution in [3.8, 4) is 0 Å². The third-order valence-electron chi connectivity index (χ3n) is 1.66. The van der Waals surface area contributed by atoms with Crippen LogP contribution in [0.4, 0.5) is 0 Å². The second kappa shape index (κ2) is 2.70. The van der Waals surface area contributed by atoms with Crippen LogP contribution in [0.5, 0.6) is 0 Å². The van der Waals surface area contributed by atoms with Gasteiger partial charge < -0.3 is 5.32 Å². The Balaban J connectivity index is 0.000000640. The summed E-state index contributed by atoms with van der Waals surface area (Å²) in [6, 6.07) is 0.493. The molecule has 0 atom stereocenters. The van der Waals surface area contributed by atoms with Crippen LogP contribution in [0.25, 0.3) is 0 Å². The fraction of sp³-hybridized carbons (Fsp3) is 0.833. The van der Waals surface area contributed by atoms with Crippen LogP contribution in [-0.4, -0.2) is 12.5 Å². The maximum Gasteiger partial charge on any atom is 0.207 e. The molecule has 0 unspecified atom stereocenters. The van der Waals surface area contributed by atoms with Gasteiger partial charge >= 0.3 is 0 Å². The van der Waals surface area contributed by atoms with E-state index in [2.05, 4.69) is 5.32 Å². The highest BCUT2D eigenvalue weighted by Crippen LogP contribution is 2.16. The highest BCUT2D eigenvalue weighted by Gasteiger charge is 2.12. The Bertz CT molecular complexity index is 81.1. The van der Waals surface area contributed by atoms with Crippen LogP contribution >= 0.6 is 0 Å². The zero-order valence-corrected chi connectivity index (χ0v) is 4.89. The SMILES string of the molecule is O=CNC1CCCC1.[HH]. The van der Waals surface area contributed by atoms with Crippen molar-refractivity contribution in [2.45, 2.75) is 31.7 Å². The molecule has 0 aromatic carbocycles. The first-order valence-corrected chi connectivity index (χ1v) is 3.13. The molecule has 0 saturated heterocycles. The van der Waals surface area contributed by atoms with Gasteiger partial charge in [0.25, 0.3) is 0 Å². The van der Waals surface area contributed by atoms with Gasteiger partial charge in [-0.15, -0.1) is 0 Å². The summed E-state index contributed by atoms with van der Waals surface area (Å²) in [7, 11) is 0. The molecule has 1 saturated carbocycles. The molecule has 8 heavy (non-hydrogen) atoms. The lowest BCUT2D eigenvalue weighted by molar-refractivity contribution is -0.110. The smallest absolute Gasteiger partial charge is 0.207 e. The average Bonchev–Trinajstić information content (AvgIpc) is 2.19. The van der Waals surface area contributed by atoms with Gasteiger partial charge in [0.2, 0.25) is 6.41 Å². The molecular weight excluding hydrogens is 102 g/mol. The van der Waals surface area contributed by atoms with Gasteiger partial charge in [0.15, 0.2) is 0 Å². The zero-order chi connectivity index (χ0) is 5.82. The number of hydrogen-bond donors (Lipinski definition) is 1. The van der Waals surface area contributed by atoms with Gasteiger partial charge in [-0.2, -0.15) is 0 Å². The fourth-order valence-electron chi connectivity index (χ4n) is 1.19. The molecule has 2 nitrogen and oxygen atoms in total. The van der Waals surface area contributed by atoms with E-state index in [-0.39, 0.29) is 1.43 Å². The van der Waals surface area contributed by atoms with E-state index in [0.717, 1.165) is 6.41 Å². The third kappa shape index (κ3) is 1.22. The van der Waals surface area contributed by atoms with Crippen LogP contribution in [0.1, 0.15) is 27.1 Å². The summed E-state index contributed by atoms with van der Waals surface area (Å²) in [4.78, 5) is 9.85. The van der Waals surface area contributed by atoms with Gasteiger partial charge in [-0.05, 0) is 12.8 Å². The van der Waals surface area contributed by atoms with Crippen molar-refractivity contribution in [3.63, 3.8) is 0 Å². The molecule has 1 rings (SSSR count). The van der Waals surface area contributed by atoms with Gasteiger partial charge in [0.1, 0.15) is 0 Å². The predicted molar refractivity (Wildman–Crippen MR) is 33.6 cm³/mol. The van der Waals surface area contributed by atoms with Crippen LogP contribution < -0.4 is 5.32 Å². The van der Waals surface area contributed by atoms with Gasteiger partial charge in [-0.25, -0.2) is 0 Å². The Kier molecular flexibility index (Phi) is 1.89. The quantitative estimate of drug-likeness (QED) is 0.533. The second-order valence-electron chi connectivity index (χ2n) is 2.27. The summed E-state index contributed by atoms with van der Waals surface area (Å²) in [5.41, 5.74) is 0. The van der Waals surface area contributed by atoms with Crippen molar-refractivity contribution in [3.05, 3.63) is 0 Å². The molecule has 48 valence electrons. The monoisotopic (exact) mass is 115 g/mol. The van der Waals surface area contributed by atoms with Gasteiger partial charge in [-0.1, -0.05) is 12.8 Å². The van der Waals surface area contributed by atoms with Crippen molar-refractivity contribution < 1.29 is 6.22 Å². The van der Waals surface area contributed by atoms with Crippen molar-refractivity contribution in [2.75, 3.05) is 0 Å². The third-order valence-corrected chi connectivity index (χ3v) is 1.66. The second-order valence-corrected chi connectivity index (χ2v) is 2.27. The normalized spacial score (nSPS) is 21.0. The molecule has 1 aliphatic carbocycles. The molecule has 0 spiro atoms. The van der Waals surface area contributed by atoms with Crippen molar-refractivity contribution in [2.24, 2.45) is 0 Å². The summed E-state index contributed by atoms with van der Waals surface area (Å²) < 4.78 is 0. The maximum absolute atomic E-state index is 9.85. The van der Waals surface area contributed by atoms with E-state index in [4.69, 9.17) is 0 Å². The summed E-state index contributed by atoms with van der Waals surface area (Å²) in [5.74, 6) is 0. The van der Waals surface area contributed by atoms with E-state index in [1.54, 1.807) is 0 Å². The molecule has 0 bridgehead atoms. The van der Waals surface area contributed by atoms with Crippen LogP contribution in [0.2, 0.25) is 0 Å². The van der Waals surface area contributed by atoms with Gasteiger partial charge in [0.05, 0.1) is 0 Å². The van der Waals surface area contributed by atoms with Crippen LogP contribution in [0, 0.1) is 0 Å². The topological polar surface area (TPSA) is 29.1 Å². The van der Waals surface area contributed by atoms with E-state index in [0.29, 0.717) is 6.04 Å². The molecular formula is C6H13NO. The Morgan fingerprint density at radius 3 is 2.62 bits per heavy atom. The highest BCUT2D eigenvalue weighted by molar-refractivity contribution is 5.46. The van der Waals surface area contributed by atoms with Crippen LogP contribution in [0.15, 0.2) is 0 Å². The maximum atomic E-state index is 9.85. The lowest BCUT2D eigenvalue weighted by Crippen LogP contribution is -2.23. The van der Waals surface area contributed by atoms with E-state index in [1.807, 2.05) is 0 Å². The van der Waals surface area contributed by atoms with E-state index in [1.165, 1.54) is 25.7 Å². The largest absolute Gasteiger partial charge is 0.356 e. The zero-order valence-electron chi connectivity index (χ0n) is 4.89.